The van der Waals surface area contributed by atoms with Crippen LogP contribution in [0.2, 0.25) is 0 Å². The monoisotopic (exact) mass is 358 g/mol. The van der Waals surface area contributed by atoms with Gasteiger partial charge in [0.05, 0.1) is 11.7 Å². The van der Waals surface area contributed by atoms with Gasteiger partial charge >= 0.3 is 0 Å². The molecule has 1 atom stereocenters. The van der Waals surface area contributed by atoms with Crippen molar-refractivity contribution in [2.75, 3.05) is 7.11 Å². The molecule has 1 unspecified atom stereocenters. The predicted molar refractivity (Wildman–Crippen MR) is 85.8 cm³/mol. The summed E-state index contributed by atoms with van der Waals surface area (Å²) in [4.78, 5) is 0. The third kappa shape index (κ3) is 3.85. The van der Waals surface area contributed by atoms with E-state index in [9.17, 15) is 9.50 Å². The Labute approximate surface area is 134 Å². The van der Waals surface area contributed by atoms with Crippen LogP contribution in [0, 0.1) is 11.2 Å². The van der Waals surface area contributed by atoms with Gasteiger partial charge in [0, 0.05) is 18.0 Å². The van der Waals surface area contributed by atoms with Gasteiger partial charge in [-0.1, -0.05) is 35.8 Å². The largest absolute Gasteiger partial charge is 0.390 e. The summed E-state index contributed by atoms with van der Waals surface area (Å²) in [7, 11) is 1.68. The highest BCUT2D eigenvalue weighted by Crippen LogP contribution is 2.44. The molecule has 0 bridgehead atoms. The van der Waals surface area contributed by atoms with E-state index in [1.165, 1.54) is 12.1 Å². The molecule has 1 aromatic carbocycles. The molecule has 1 N–H and O–H groups in total. The Morgan fingerprint density at radius 2 is 1.90 bits per heavy atom. The Morgan fingerprint density at radius 1 is 1.29 bits per heavy atom. The second-order valence-electron chi connectivity index (χ2n) is 6.89. The predicted octanol–water partition coefficient (Wildman–Crippen LogP) is 4.48. The van der Waals surface area contributed by atoms with E-state index in [0.29, 0.717) is 16.3 Å². The molecule has 1 saturated carbocycles. The number of methoxy groups -OCH3 is 1. The summed E-state index contributed by atoms with van der Waals surface area (Å²) in [6, 6.07) is 4.58. The Bertz CT molecular complexity index is 492. The molecule has 1 aliphatic carbocycles. The molecule has 2 nitrogen and oxygen atoms in total. The van der Waals surface area contributed by atoms with Gasteiger partial charge in [0.1, 0.15) is 5.82 Å². The molecule has 1 aliphatic rings. The maximum absolute atomic E-state index is 13.1. The van der Waals surface area contributed by atoms with Crippen LogP contribution in [0.4, 0.5) is 4.39 Å². The molecule has 2 rings (SSSR count). The van der Waals surface area contributed by atoms with Crippen LogP contribution in [0.25, 0.3) is 0 Å². The first-order valence-electron chi connectivity index (χ1n) is 7.45. The molecule has 0 amide bonds. The molecule has 21 heavy (non-hydrogen) atoms. The SMILES string of the molecule is COC1(C(O)Cc2ccc(F)cc2Br)CCC(C)(C)CC1. The molecule has 0 radical (unpaired) electrons. The first-order valence-corrected chi connectivity index (χ1v) is 8.24. The summed E-state index contributed by atoms with van der Waals surface area (Å²) >= 11 is 3.37. The molecule has 0 aromatic heterocycles. The molecule has 0 heterocycles. The van der Waals surface area contributed by atoms with Crippen LogP contribution in [0.1, 0.15) is 45.1 Å². The summed E-state index contributed by atoms with van der Waals surface area (Å²) in [5.74, 6) is -0.277. The maximum Gasteiger partial charge on any atom is 0.124 e. The summed E-state index contributed by atoms with van der Waals surface area (Å²) in [6.07, 6.45) is 3.69. The van der Waals surface area contributed by atoms with Crippen molar-refractivity contribution in [2.24, 2.45) is 5.41 Å². The summed E-state index contributed by atoms with van der Waals surface area (Å²) in [5.41, 5.74) is 0.742. The van der Waals surface area contributed by atoms with E-state index in [0.717, 1.165) is 31.2 Å². The highest BCUT2D eigenvalue weighted by Gasteiger charge is 2.43. The molecular weight excluding hydrogens is 335 g/mol. The number of ether oxygens (including phenoxy) is 1. The first kappa shape index (κ1) is 16.9. The van der Waals surface area contributed by atoms with Gasteiger partial charge in [0.15, 0.2) is 0 Å². The van der Waals surface area contributed by atoms with Crippen LogP contribution in [0.3, 0.4) is 0 Å². The van der Waals surface area contributed by atoms with Crippen molar-refractivity contribution < 1.29 is 14.2 Å². The first-order chi connectivity index (χ1) is 9.78. The van der Waals surface area contributed by atoms with Gasteiger partial charge in [-0.15, -0.1) is 0 Å². The number of hydrogen-bond acceptors (Lipinski definition) is 2. The molecule has 0 saturated heterocycles. The van der Waals surface area contributed by atoms with Crippen molar-refractivity contribution in [2.45, 2.75) is 57.7 Å². The minimum absolute atomic E-state index is 0.277. The lowest BCUT2D eigenvalue weighted by Gasteiger charge is -2.45. The van der Waals surface area contributed by atoms with Crippen LogP contribution in [0.15, 0.2) is 22.7 Å². The van der Waals surface area contributed by atoms with Gasteiger partial charge in [-0.2, -0.15) is 0 Å². The Kier molecular flexibility index (Phi) is 5.11. The number of halogens is 2. The van der Waals surface area contributed by atoms with Crippen molar-refractivity contribution in [1.82, 2.24) is 0 Å². The van der Waals surface area contributed by atoms with E-state index >= 15 is 0 Å². The topological polar surface area (TPSA) is 29.5 Å². The highest BCUT2D eigenvalue weighted by molar-refractivity contribution is 9.10. The zero-order valence-electron chi connectivity index (χ0n) is 13.0. The molecule has 4 heteroatoms. The number of aliphatic hydroxyl groups excluding tert-OH is 1. The zero-order chi connectivity index (χ0) is 15.7. The average molecular weight is 359 g/mol. The fraction of sp³-hybridized carbons (Fsp3) is 0.647. The Hall–Kier alpha value is -0.450. The van der Waals surface area contributed by atoms with Crippen LogP contribution >= 0.6 is 15.9 Å². The highest BCUT2D eigenvalue weighted by atomic mass is 79.9. The van der Waals surface area contributed by atoms with Crippen LogP contribution in [0.5, 0.6) is 0 Å². The zero-order valence-corrected chi connectivity index (χ0v) is 14.5. The summed E-state index contributed by atoms with van der Waals surface area (Å²) in [5, 5.41) is 10.7. The van der Waals surface area contributed by atoms with Gasteiger partial charge in [-0.25, -0.2) is 4.39 Å². The van der Waals surface area contributed by atoms with E-state index < -0.39 is 11.7 Å². The Morgan fingerprint density at radius 3 is 2.43 bits per heavy atom. The quantitative estimate of drug-likeness (QED) is 0.859. The second-order valence-corrected chi connectivity index (χ2v) is 7.74. The fourth-order valence-corrected chi connectivity index (χ4v) is 3.62. The van der Waals surface area contributed by atoms with E-state index in [1.807, 2.05) is 0 Å². The number of rotatable bonds is 4. The number of hydrogen-bond donors (Lipinski definition) is 1. The van der Waals surface area contributed by atoms with Crippen LogP contribution in [-0.2, 0) is 11.2 Å². The summed E-state index contributed by atoms with van der Waals surface area (Å²) < 4.78 is 19.6. The maximum atomic E-state index is 13.1. The normalized spacial score (nSPS) is 22.0. The molecular formula is C17H24BrFO2. The van der Waals surface area contributed by atoms with Crippen LogP contribution in [-0.4, -0.2) is 23.9 Å². The third-order valence-corrected chi connectivity index (χ3v) is 5.63. The van der Waals surface area contributed by atoms with E-state index in [-0.39, 0.29) is 5.82 Å². The minimum Gasteiger partial charge on any atom is -0.390 e. The van der Waals surface area contributed by atoms with E-state index in [2.05, 4.69) is 29.8 Å². The lowest BCUT2D eigenvalue weighted by atomic mass is 9.68. The van der Waals surface area contributed by atoms with Gasteiger partial charge in [-0.05, 0) is 48.8 Å². The van der Waals surface area contributed by atoms with Gasteiger partial charge in [-0.3, -0.25) is 0 Å². The molecule has 1 aromatic rings. The molecule has 118 valence electrons. The van der Waals surface area contributed by atoms with Gasteiger partial charge in [0.25, 0.3) is 0 Å². The molecule has 0 spiro atoms. The van der Waals surface area contributed by atoms with Crippen molar-refractivity contribution in [3.8, 4) is 0 Å². The average Bonchev–Trinajstić information content (AvgIpc) is 2.42. The van der Waals surface area contributed by atoms with Crippen molar-refractivity contribution in [3.05, 3.63) is 34.1 Å². The van der Waals surface area contributed by atoms with E-state index in [4.69, 9.17) is 4.74 Å². The van der Waals surface area contributed by atoms with Gasteiger partial charge < -0.3 is 9.84 Å². The molecule has 0 aliphatic heterocycles. The Balaban J connectivity index is 2.12. The third-order valence-electron chi connectivity index (χ3n) is 4.89. The number of benzene rings is 1. The molecule has 1 fully saturated rings. The minimum atomic E-state index is -0.583. The van der Waals surface area contributed by atoms with Crippen molar-refractivity contribution >= 4 is 15.9 Å². The van der Waals surface area contributed by atoms with Crippen molar-refractivity contribution in [1.29, 1.82) is 0 Å². The van der Waals surface area contributed by atoms with E-state index in [1.54, 1.807) is 13.2 Å². The lowest BCUT2D eigenvalue weighted by Crippen LogP contribution is -2.49. The second kappa shape index (κ2) is 6.35. The van der Waals surface area contributed by atoms with Crippen molar-refractivity contribution in [3.63, 3.8) is 0 Å². The summed E-state index contributed by atoms with van der Waals surface area (Å²) in [6.45, 7) is 4.52. The fourth-order valence-electron chi connectivity index (χ4n) is 3.10. The number of aliphatic hydroxyl groups is 1. The smallest absolute Gasteiger partial charge is 0.124 e. The van der Waals surface area contributed by atoms with Gasteiger partial charge in [0.2, 0.25) is 0 Å². The standard InChI is InChI=1S/C17H24BrFO2/c1-16(2)6-8-17(21-3,9-7-16)15(20)10-12-4-5-13(19)11-14(12)18/h4-5,11,15,20H,6-10H2,1-3H3. The van der Waals surface area contributed by atoms with Crippen LogP contribution < -0.4 is 0 Å². The lowest BCUT2D eigenvalue weighted by molar-refractivity contribution is -0.135.